The van der Waals surface area contributed by atoms with Crippen LogP contribution < -0.4 is 5.11 Å². The lowest BCUT2D eigenvalue weighted by atomic mass is 10.1. The molecular formula is C19H16N3O5S-. The van der Waals surface area contributed by atoms with Crippen LogP contribution in [0.15, 0.2) is 50.9 Å². The van der Waals surface area contributed by atoms with Gasteiger partial charge < -0.3 is 19.1 Å². The van der Waals surface area contributed by atoms with Crippen LogP contribution in [-0.4, -0.2) is 33.7 Å². The van der Waals surface area contributed by atoms with Crippen molar-refractivity contribution in [3.8, 4) is 11.3 Å². The Labute approximate surface area is 164 Å². The molecule has 0 aliphatic rings. The van der Waals surface area contributed by atoms with E-state index >= 15 is 0 Å². The van der Waals surface area contributed by atoms with Crippen molar-refractivity contribution in [3.05, 3.63) is 58.5 Å². The van der Waals surface area contributed by atoms with Gasteiger partial charge in [0.25, 0.3) is 0 Å². The summed E-state index contributed by atoms with van der Waals surface area (Å²) in [5, 5.41) is 18.2. The van der Waals surface area contributed by atoms with Crippen LogP contribution in [0.5, 0.6) is 0 Å². The number of nitrogens with zero attached hydrogens (tertiary/aromatic N) is 2. The Hall–Kier alpha value is -3.33. The first-order valence-electron chi connectivity index (χ1n) is 8.33. The van der Waals surface area contributed by atoms with Gasteiger partial charge in [-0.05, 0) is 56.0 Å². The number of H-pyrrole nitrogens is 1. The fourth-order valence-electron chi connectivity index (χ4n) is 2.30. The highest BCUT2D eigenvalue weighted by Crippen LogP contribution is 2.28. The van der Waals surface area contributed by atoms with Crippen molar-refractivity contribution >= 4 is 29.8 Å². The van der Waals surface area contributed by atoms with Crippen LogP contribution in [0.25, 0.3) is 17.4 Å². The van der Waals surface area contributed by atoms with E-state index < -0.39 is 11.9 Å². The van der Waals surface area contributed by atoms with E-state index in [-0.39, 0.29) is 10.1 Å². The number of carboxylic acids is 1. The number of ether oxygens (including phenoxy) is 1. The molecule has 0 fully saturated rings. The molecule has 0 spiro atoms. The van der Waals surface area contributed by atoms with Gasteiger partial charge in [-0.1, -0.05) is 12.1 Å². The summed E-state index contributed by atoms with van der Waals surface area (Å²) < 4.78 is 10.6. The van der Waals surface area contributed by atoms with E-state index in [1.165, 1.54) is 6.08 Å². The molecule has 0 saturated heterocycles. The van der Waals surface area contributed by atoms with Gasteiger partial charge in [0.15, 0.2) is 0 Å². The predicted octanol–water partition coefficient (Wildman–Crippen LogP) is 2.43. The lowest BCUT2D eigenvalue weighted by molar-refractivity contribution is -0.298. The zero-order chi connectivity index (χ0) is 20.1. The fourth-order valence-corrected chi connectivity index (χ4v) is 3.02. The fraction of sp³-hybridized carbons (Fsp3) is 0.158. The SMILES string of the molecule is CCOC(=O)c1ccc(-c2ccc(/C=C(\Sc3n[nH]c(C)n3)C(=O)[O-])o2)cc1. The van der Waals surface area contributed by atoms with E-state index in [9.17, 15) is 14.7 Å². The zero-order valence-electron chi connectivity index (χ0n) is 15.1. The Balaban J connectivity index is 1.79. The highest BCUT2D eigenvalue weighted by molar-refractivity contribution is 8.04. The number of aromatic amines is 1. The van der Waals surface area contributed by atoms with E-state index in [4.69, 9.17) is 9.15 Å². The lowest BCUT2D eigenvalue weighted by Gasteiger charge is -2.04. The largest absolute Gasteiger partial charge is 0.544 e. The molecule has 28 heavy (non-hydrogen) atoms. The molecule has 0 radical (unpaired) electrons. The van der Waals surface area contributed by atoms with Gasteiger partial charge in [0.2, 0.25) is 5.16 Å². The molecule has 9 heteroatoms. The summed E-state index contributed by atoms with van der Waals surface area (Å²) >= 11 is 0.862. The van der Waals surface area contributed by atoms with E-state index in [1.54, 1.807) is 50.2 Å². The standard InChI is InChI=1S/C19H17N3O5S/c1-3-26-18(25)13-6-4-12(5-7-13)15-9-8-14(27-15)10-16(17(23)24)28-19-20-11(2)21-22-19/h4-10H,3H2,1-2H3,(H,23,24)(H,20,21,22)/p-1/b16-10-. The molecule has 2 heterocycles. The number of rotatable bonds is 7. The second-order valence-electron chi connectivity index (χ2n) is 5.60. The van der Waals surface area contributed by atoms with Gasteiger partial charge in [-0.3, -0.25) is 5.10 Å². The third kappa shape index (κ3) is 4.68. The summed E-state index contributed by atoms with van der Waals surface area (Å²) in [6, 6.07) is 10.1. The number of thioether (sulfide) groups is 1. The second kappa shape index (κ2) is 8.57. The normalized spacial score (nSPS) is 11.4. The maximum atomic E-state index is 11.7. The zero-order valence-corrected chi connectivity index (χ0v) is 15.9. The van der Waals surface area contributed by atoms with Crippen molar-refractivity contribution in [1.82, 2.24) is 15.2 Å². The van der Waals surface area contributed by atoms with Crippen molar-refractivity contribution in [1.29, 1.82) is 0 Å². The van der Waals surface area contributed by atoms with Crippen LogP contribution in [0.1, 0.15) is 28.9 Å². The minimum absolute atomic E-state index is 0.0856. The highest BCUT2D eigenvalue weighted by Gasteiger charge is 2.11. The average Bonchev–Trinajstić information content (AvgIpc) is 3.30. The first-order valence-corrected chi connectivity index (χ1v) is 9.15. The van der Waals surface area contributed by atoms with Crippen LogP contribution in [0.2, 0.25) is 0 Å². The van der Waals surface area contributed by atoms with E-state index in [0.717, 1.165) is 17.3 Å². The summed E-state index contributed by atoms with van der Waals surface area (Å²) in [6.07, 6.45) is 1.35. The monoisotopic (exact) mass is 398 g/mol. The van der Waals surface area contributed by atoms with Crippen molar-refractivity contribution in [2.24, 2.45) is 0 Å². The average molecular weight is 398 g/mol. The van der Waals surface area contributed by atoms with Gasteiger partial charge in [-0.2, -0.15) is 0 Å². The molecule has 1 N–H and O–H groups in total. The number of carbonyl (C=O) groups excluding carboxylic acids is 2. The molecule has 3 rings (SSSR count). The summed E-state index contributed by atoms with van der Waals surface area (Å²) in [6.45, 7) is 3.76. The number of furan rings is 1. The molecule has 0 aliphatic heterocycles. The lowest BCUT2D eigenvalue weighted by Crippen LogP contribution is -2.23. The maximum absolute atomic E-state index is 11.7. The van der Waals surface area contributed by atoms with Gasteiger partial charge in [0, 0.05) is 10.5 Å². The highest BCUT2D eigenvalue weighted by atomic mass is 32.2. The number of hydrogen-bond donors (Lipinski definition) is 1. The number of esters is 1. The third-order valence-electron chi connectivity index (χ3n) is 3.56. The molecule has 3 aromatic rings. The number of nitrogens with one attached hydrogen (secondary N) is 1. The van der Waals surface area contributed by atoms with E-state index in [1.807, 2.05) is 0 Å². The van der Waals surface area contributed by atoms with Crippen molar-refractivity contribution in [3.63, 3.8) is 0 Å². The number of aryl methyl sites for hydroxylation is 1. The molecule has 0 atom stereocenters. The first kappa shape index (κ1) is 19.4. The summed E-state index contributed by atoms with van der Waals surface area (Å²) in [4.78, 5) is 27.1. The van der Waals surface area contributed by atoms with Gasteiger partial charge >= 0.3 is 5.97 Å². The first-order chi connectivity index (χ1) is 13.5. The quantitative estimate of drug-likeness (QED) is 0.366. The Morgan fingerprint density at radius 1 is 1.25 bits per heavy atom. The molecule has 0 amide bonds. The molecule has 144 valence electrons. The Morgan fingerprint density at radius 2 is 2.00 bits per heavy atom. The number of carboxylic acid groups (broad SMARTS) is 1. The number of carbonyl (C=O) groups is 2. The number of aromatic nitrogens is 3. The number of aliphatic carboxylic acids is 1. The minimum atomic E-state index is -1.36. The molecule has 0 unspecified atom stereocenters. The van der Waals surface area contributed by atoms with Crippen molar-refractivity contribution in [2.75, 3.05) is 6.61 Å². The molecule has 0 saturated carbocycles. The van der Waals surface area contributed by atoms with Gasteiger partial charge in [-0.15, -0.1) is 5.10 Å². The smallest absolute Gasteiger partial charge is 0.338 e. The number of hydrogen-bond acceptors (Lipinski definition) is 8. The predicted molar refractivity (Wildman–Crippen MR) is 100 cm³/mol. The van der Waals surface area contributed by atoms with Gasteiger partial charge in [0.1, 0.15) is 17.3 Å². The molecule has 1 aromatic carbocycles. The summed E-state index contributed by atoms with van der Waals surface area (Å²) in [7, 11) is 0. The summed E-state index contributed by atoms with van der Waals surface area (Å²) in [5.74, 6) is -0.313. The molecule has 0 bridgehead atoms. The van der Waals surface area contributed by atoms with Gasteiger partial charge in [0.05, 0.1) is 18.1 Å². The molecular weight excluding hydrogens is 382 g/mol. The van der Waals surface area contributed by atoms with E-state index in [2.05, 4.69) is 15.2 Å². The second-order valence-corrected chi connectivity index (χ2v) is 6.61. The Kier molecular flexibility index (Phi) is 5.95. The van der Waals surface area contributed by atoms with Crippen LogP contribution in [0, 0.1) is 6.92 Å². The van der Waals surface area contributed by atoms with E-state index in [0.29, 0.717) is 29.5 Å². The van der Waals surface area contributed by atoms with Crippen molar-refractivity contribution < 1.29 is 23.8 Å². The third-order valence-corrected chi connectivity index (χ3v) is 4.43. The molecule has 0 aliphatic carbocycles. The summed E-state index contributed by atoms with van der Waals surface area (Å²) in [5.41, 5.74) is 1.18. The Bertz CT molecular complexity index is 1020. The Morgan fingerprint density at radius 3 is 2.61 bits per heavy atom. The molecule has 2 aromatic heterocycles. The van der Waals surface area contributed by atoms with Crippen LogP contribution >= 0.6 is 11.8 Å². The maximum Gasteiger partial charge on any atom is 0.338 e. The van der Waals surface area contributed by atoms with Crippen LogP contribution in [0.4, 0.5) is 0 Å². The molecule has 8 nitrogen and oxygen atoms in total. The van der Waals surface area contributed by atoms with Crippen LogP contribution in [0.3, 0.4) is 0 Å². The number of benzene rings is 1. The van der Waals surface area contributed by atoms with Crippen molar-refractivity contribution in [2.45, 2.75) is 19.0 Å². The minimum Gasteiger partial charge on any atom is -0.544 e. The topological polar surface area (TPSA) is 121 Å². The van der Waals surface area contributed by atoms with Gasteiger partial charge in [-0.25, -0.2) is 9.78 Å². The van der Waals surface area contributed by atoms with Crippen LogP contribution in [-0.2, 0) is 9.53 Å².